The molecule has 1 aromatic carbocycles. The summed E-state index contributed by atoms with van der Waals surface area (Å²) < 4.78 is 24.1. The van der Waals surface area contributed by atoms with E-state index in [0.29, 0.717) is 6.42 Å². The van der Waals surface area contributed by atoms with Gasteiger partial charge in [-0.3, -0.25) is 10.1 Å². The summed E-state index contributed by atoms with van der Waals surface area (Å²) in [5.41, 5.74) is -0.106. The number of nitro groups is 1. The van der Waals surface area contributed by atoms with Crippen molar-refractivity contribution in [2.24, 2.45) is 0 Å². The maximum Gasteiger partial charge on any atom is 0.269 e. The van der Waals surface area contributed by atoms with Crippen molar-refractivity contribution in [2.75, 3.05) is 0 Å². The summed E-state index contributed by atoms with van der Waals surface area (Å²) in [6.07, 6.45) is 2.33. The molecule has 0 unspecified atom stereocenters. The lowest BCUT2D eigenvalue weighted by atomic mass is 10.1. The number of nitrogens with zero attached hydrogens (tertiary/aromatic N) is 1. The average molecular weight is 285 g/mol. The third kappa shape index (κ3) is 3.32. The van der Waals surface area contributed by atoms with Crippen molar-refractivity contribution in [3.05, 3.63) is 34.4 Å². The van der Waals surface area contributed by atoms with Gasteiger partial charge in [0.2, 0.25) is 0 Å². The lowest BCUT2D eigenvalue weighted by Crippen LogP contribution is -2.31. The molecule has 0 aliphatic heterocycles. The molecule has 6 heteroatoms. The van der Waals surface area contributed by atoms with Crippen LogP contribution in [0.2, 0.25) is 0 Å². The van der Waals surface area contributed by atoms with Gasteiger partial charge >= 0.3 is 0 Å². The van der Waals surface area contributed by atoms with Gasteiger partial charge in [0.25, 0.3) is 5.69 Å². The van der Waals surface area contributed by atoms with Gasteiger partial charge in [-0.25, -0.2) is 8.42 Å². The fourth-order valence-electron chi connectivity index (χ4n) is 1.80. The molecule has 0 saturated heterocycles. The number of unbranched alkanes of at least 4 members (excludes halogenated alkanes) is 1. The highest BCUT2D eigenvalue weighted by molar-refractivity contribution is 7.92. The normalized spacial score (nSPS) is 12.4. The predicted molar refractivity (Wildman–Crippen MR) is 73.9 cm³/mol. The number of rotatable bonds is 6. The van der Waals surface area contributed by atoms with Crippen LogP contribution in [0.25, 0.3) is 0 Å². The van der Waals surface area contributed by atoms with E-state index in [-0.39, 0.29) is 10.6 Å². The zero-order valence-electron chi connectivity index (χ0n) is 11.4. The van der Waals surface area contributed by atoms with Crippen molar-refractivity contribution in [1.29, 1.82) is 0 Å². The molecule has 0 aromatic heterocycles. The van der Waals surface area contributed by atoms with E-state index in [2.05, 4.69) is 0 Å². The van der Waals surface area contributed by atoms with E-state index in [4.69, 9.17) is 0 Å². The Labute approximate surface area is 113 Å². The fourth-order valence-corrected chi connectivity index (χ4v) is 3.35. The van der Waals surface area contributed by atoms with Crippen molar-refractivity contribution in [3.8, 4) is 0 Å². The molecule has 0 bridgehead atoms. The molecule has 0 atom stereocenters. The molecule has 0 aliphatic rings. The molecule has 0 N–H and O–H groups in total. The second-order valence-electron chi connectivity index (χ2n) is 5.12. The Morgan fingerprint density at radius 3 is 2.16 bits per heavy atom. The van der Waals surface area contributed by atoms with Gasteiger partial charge in [-0.2, -0.15) is 0 Å². The third-order valence-electron chi connectivity index (χ3n) is 3.22. The molecular formula is C13H19NO4S. The summed E-state index contributed by atoms with van der Waals surface area (Å²) in [5, 5.41) is 10.6. The monoisotopic (exact) mass is 285 g/mol. The standard InChI is InChI=1S/C13H19NO4S/c1-4-5-10-13(2,3)19(17,18)12-8-6-11(7-9-12)14(15)16/h6-9H,4-5,10H2,1-3H3. The van der Waals surface area contributed by atoms with Crippen LogP contribution in [0.15, 0.2) is 29.2 Å². The van der Waals surface area contributed by atoms with Gasteiger partial charge in [-0.1, -0.05) is 19.8 Å². The zero-order valence-corrected chi connectivity index (χ0v) is 12.2. The summed E-state index contributed by atoms with van der Waals surface area (Å²) in [6.45, 7) is 5.40. The van der Waals surface area contributed by atoms with Gasteiger partial charge in [-0.15, -0.1) is 0 Å². The molecule has 0 amide bonds. The first-order valence-corrected chi connectivity index (χ1v) is 7.70. The molecule has 106 valence electrons. The van der Waals surface area contributed by atoms with E-state index in [1.54, 1.807) is 13.8 Å². The largest absolute Gasteiger partial charge is 0.269 e. The number of non-ortho nitro benzene ring substituents is 1. The number of hydrogen-bond donors (Lipinski definition) is 0. The molecule has 19 heavy (non-hydrogen) atoms. The van der Waals surface area contributed by atoms with Gasteiger partial charge in [-0.05, 0) is 32.4 Å². The maximum atomic E-state index is 12.5. The summed E-state index contributed by atoms with van der Waals surface area (Å²) in [5.74, 6) is 0. The van der Waals surface area contributed by atoms with Crippen LogP contribution in [0.3, 0.4) is 0 Å². The van der Waals surface area contributed by atoms with Crippen LogP contribution < -0.4 is 0 Å². The summed E-state index contributed by atoms with van der Waals surface area (Å²) in [7, 11) is -3.48. The van der Waals surface area contributed by atoms with Gasteiger partial charge < -0.3 is 0 Å². The first-order valence-electron chi connectivity index (χ1n) is 6.21. The van der Waals surface area contributed by atoms with Crippen LogP contribution in [0.4, 0.5) is 5.69 Å². The summed E-state index contributed by atoms with van der Waals surface area (Å²) >= 11 is 0. The molecule has 0 heterocycles. The molecular weight excluding hydrogens is 266 g/mol. The molecule has 1 aromatic rings. The Kier molecular flexibility index (Phi) is 4.68. The van der Waals surface area contributed by atoms with Crippen molar-refractivity contribution in [2.45, 2.75) is 49.7 Å². The van der Waals surface area contributed by atoms with Gasteiger partial charge in [0.15, 0.2) is 9.84 Å². The van der Waals surface area contributed by atoms with E-state index in [1.807, 2.05) is 6.92 Å². The fraction of sp³-hybridized carbons (Fsp3) is 0.538. The first-order chi connectivity index (χ1) is 8.72. The van der Waals surface area contributed by atoms with Crippen molar-refractivity contribution in [3.63, 3.8) is 0 Å². The van der Waals surface area contributed by atoms with E-state index in [1.165, 1.54) is 24.3 Å². The highest BCUT2D eigenvalue weighted by Gasteiger charge is 2.35. The molecule has 1 rings (SSSR count). The lowest BCUT2D eigenvalue weighted by molar-refractivity contribution is -0.384. The molecule has 0 fully saturated rings. The quantitative estimate of drug-likeness (QED) is 0.593. The Hall–Kier alpha value is -1.43. The molecule has 0 aliphatic carbocycles. The van der Waals surface area contributed by atoms with Crippen molar-refractivity contribution >= 4 is 15.5 Å². The molecule has 5 nitrogen and oxygen atoms in total. The van der Waals surface area contributed by atoms with Gasteiger partial charge in [0.1, 0.15) is 0 Å². The van der Waals surface area contributed by atoms with Crippen LogP contribution in [0.5, 0.6) is 0 Å². The minimum absolute atomic E-state index is 0.106. The Bertz CT molecular complexity index is 547. The number of sulfone groups is 1. The van der Waals surface area contributed by atoms with Crippen LogP contribution in [-0.4, -0.2) is 18.1 Å². The highest BCUT2D eigenvalue weighted by Crippen LogP contribution is 2.30. The smallest absolute Gasteiger partial charge is 0.258 e. The average Bonchev–Trinajstić information content (AvgIpc) is 2.36. The number of nitro benzene ring substituents is 1. The maximum absolute atomic E-state index is 12.5. The topological polar surface area (TPSA) is 77.3 Å². The van der Waals surface area contributed by atoms with Crippen molar-refractivity contribution in [1.82, 2.24) is 0 Å². The van der Waals surface area contributed by atoms with Crippen LogP contribution in [-0.2, 0) is 9.84 Å². The van der Waals surface area contributed by atoms with Crippen molar-refractivity contribution < 1.29 is 13.3 Å². The van der Waals surface area contributed by atoms with Gasteiger partial charge in [0.05, 0.1) is 14.6 Å². The molecule has 0 spiro atoms. The van der Waals surface area contributed by atoms with E-state index >= 15 is 0 Å². The van der Waals surface area contributed by atoms with E-state index in [0.717, 1.165) is 12.8 Å². The lowest BCUT2D eigenvalue weighted by Gasteiger charge is -2.24. The number of benzene rings is 1. The van der Waals surface area contributed by atoms with E-state index < -0.39 is 19.5 Å². The SMILES string of the molecule is CCCCC(C)(C)S(=O)(=O)c1ccc([N+](=O)[O-])cc1. The Balaban J connectivity index is 3.09. The zero-order chi connectivity index (χ0) is 14.7. The predicted octanol–water partition coefficient (Wildman–Crippen LogP) is 3.34. The second-order valence-corrected chi connectivity index (χ2v) is 7.70. The highest BCUT2D eigenvalue weighted by atomic mass is 32.2. The van der Waals surface area contributed by atoms with Crippen LogP contribution in [0, 0.1) is 10.1 Å². The third-order valence-corrected chi connectivity index (χ3v) is 5.77. The second kappa shape index (κ2) is 5.69. The van der Waals surface area contributed by atoms with Crippen LogP contribution >= 0.6 is 0 Å². The van der Waals surface area contributed by atoms with Crippen LogP contribution in [0.1, 0.15) is 40.0 Å². The Morgan fingerprint density at radius 2 is 1.74 bits per heavy atom. The Morgan fingerprint density at radius 1 is 1.21 bits per heavy atom. The van der Waals surface area contributed by atoms with E-state index in [9.17, 15) is 18.5 Å². The summed E-state index contributed by atoms with van der Waals surface area (Å²) in [4.78, 5) is 10.2. The summed E-state index contributed by atoms with van der Waals surface area (Å²) in [6, 6.07) is 5.06. The number of hydrogen-bond acceptors (Lipinski definition) is 4. The minimum Gasteiger partial charge on any atom is -0.258 e. The minimum atomic E-state index is -3.48. The molecule has 0 radical (unpaired) electrons. The first kappa shape index (κ1) is 15.6. The van der Waals surface area contributed by atoms with Gasteiger partial charge in [0, 0.05) is 12.1 Å². The molecule has 0 saturated carbocycles.